The van der Waals surface area contributed by atoms with Crippen LogP contribution in [0.15, 0.2) is 47.4 Å². The summed E-state index contributed by atoms with van der Waals surface area (Å²) in [7, 11) is -0.479. The molecule has 0 spiro atoms. The minimum atomic E-state index is -3.62. The molecule has 2 aromatic carbocycles. The third-order valence-corrected chi connectivity index (χ3v) is 7.18. The summed E-state index contributed by atoms with van der Waals surface area (Å²) in [6.45, 7) is 2.34. The van der Waals surface area contributed by atoms with Crippen LogP contribution in [-0.2, 0) is 10.0 Å². The monoisotopic (exact) mass is 439 g/mol. The number of hydrogen-bond donors (Lipinski definition) is 0. The van der Waals surface area contributed by atoms with Crippen molar-refractivity contribution in [2.45, 2.75) is 29.1 Å². The molecule has 26 heavy (non-hydrogen) atoms. The molecule has 7 heteroatoms. The number of alkyl halides is 1. The molecule has 2 aromatic rings. The van der Waals surface area contributed by atoms with Gasteiger partial charge in [0.2, 0.25) is 10.0 Å². The van der Waals surface area contributed by atoms with E-state index in [4.69, 9.17) is 9.47 Å². The van der Waals surface area contributed by atoms with Crippen molar-refractivity contribution >= 4 is 26.0 Å². The Morgan fingerprint density at radius 1 is 1.08 bits per heavy atom. The molecular weight excluding hydrogens is 418 g/mol. The number of hydrogen-bond acceptors (Lipinski definition) is 4. The zero-order valence-electron chi connectivity index (χ0n) is 15.0. The molecule has 2 unspecified atom stereocenters. The average molecular weight is 440 g/mol. The number of rotatable bonds is 5. The predicted octanol–water partition coefficient (Wildman–Crippen LogP) is 3.91. The van der Waals surface area contributed by atoms with Gasteiger partial charge in [0.1, 0.15) is 0 Å². The molecule has 0 radical (unpaired) electrons. The van der Waals surface area contributed by atoms with E-state index in [0.717, 1.165) is 11.1 Å². The molecule has 0 amide bonds. The van der Waals surface area contributed by atoms with Gasteiger partial charge in [0.15, 0.2) is 11.5 Å². The Morgan fingerprint density at radius 2 is 1.77 bits per heavy atom. The Labute approximate surface area is 163 Å². The van der Waals surface area contributed by atoms with Crippen LogP contribution in [0.2, 0.25) is 0 Å². The van der Waals surface area contributed by atoms with Gasteiger partial charge in [0, 0.05) is 16.9 Å². The van der Waals surface area contributed by atoms with E-state index in [9.17, 15) is 8.42 Å². The number of halogens is 1. The van der Waals surface area contributed by atoms with E-state index in [1.807, 2.05) is 37.3 Å². The van der Waals surface area contributed by atoms with Crippen molar-refractivity contribution in [3.63, 3.8) is 0 Å². The van der Waals surface area contributed by atoms with Crippen LogP contribution in [-0.4, -0.2) is 38.3 Å². The fraction of sp³-hybridized carbons (Fsp3) is 0.368. The van der Waals surface area contributed by atoms with Crippen LogP contribution in [0.1, 0.15) is 23.6 Å². The number of para-hydroxylation sites is 1. The quantitative estimate of drug-likeness (QED) is 0.662. The Morgan fingerprint density at radius 3 is 2.38 bits per heavy atom. The topological polar surface area (TPSA) is 55.8 Å². The molecule has 1 fully saturated rings. The van der Waals surface area contributed by atoms with E-state index < -0.39 is 10.0 Å². The fourth-order valence-electron chi connectivity index (χ4n) is 3.32. The molecular formula is C19H22BrNO4S. The molecule has 1 saturated heterocycles. The molecule has 140 valence electrons. The van der Waals surface area contributed by atoms with Gasteiger partial charge in [0.05, 0.1) is 25.2 Å². The molecule has 1 heterocycles. The van der Waals surface area contributed by atoms with Crippen molar-refractivity contribution in [1.82, 2.24) is 4.31 Å². The molecule has 0 aliphatic carbocycles. The first-order chi connectivity index (χ1) is 12.4. The number of aryl methyl sites for hydroxylation is 1. The lowest BCUT2D eigenvalue weighted by Crippen LogP contribution is -2.31. The summed E-state index contributed by atoms with van der Waals surface area (Å²) in [4.78, 5) is 0.375. The molecule has 0 N–H and O–H groups in total. The highest BCUT2D eigenvalue weighted by Crippen LogP contribution is 2.45. The first kappa shape index (κ1) is 19.2. The summed E-state index contributed by atoms with van der Waals surface area (Å²) in [5, 5.41) is 0. The van der Waals surface area contributed by atoms with Crippen LogP contribution in [0.25, 0.3) is 0 Å². The third kappa shape index (κ3) is 3.48. The van der Waals surface area contributed by atoms with Gasteiger partial charge < -0.3 is 9.47 Å². The molecule has 2 atom stereocenters. The van der Waals surface area contributed by atoms with E-state index in [2.05, 4.69) is 15.9 Å². The van der Waals surface area contributed by atoms with E-state index in [1.165, 1.54) is 0 Å². The zero-order valence-corrected chi connectivity index (χ0v) is 17.4. The summed E-state index contributed by atoms with van der Waals surface area (Å²) >= 11 is 3.60. The van der Waals surface area contributed by atoms with Crippen molar-refractivity contribution in [2.24, 2.45) is 0 Å². The van der Waals surface area contributed by atoms with Crippen molar-refractivity contribution in [2.75, 3.05) is 20.8 Å². The van der Waals surface area contributed by atoms with Crippen molar-refractivity contribution in [1.29, 1.82) is 0 Å². The normalized spacial score (nSPS) is 20.9. The second-order valence-corrected chi connectivity index (χ2v) is 9.50. The largest absolute Gasteiger partial charge is 0.493 e. The van der Waals surface area contributed by atoms with Crippen molar-refractivity contribution < 1.29 is 17.9 Å². The minimum absolute atomic E-state index is 0.0728. The molecule has 5 nitrogen and oxygen atoms in total. The Kier molecular flexibility index (Phi) is 5.60. The van der Waals surface area contributed by atoms with Gasteiger partial charge in [-0.3, -0.25) is 0 Å². The number of methoxy groups -OCH3 is 2. The van der Waals surface area contributed by atoms with Gasteiger partial charge in [-0.2, -0.15) is 4.31 Å². The van der Waals surface area contributed by atoms with Gasteiger partial charge in [0.25, 0.3) is 0 Å². The highest BCUT2D eigenvalue weighted by molar-refractivity contribution is 9.09. The smallest absolute Gasteiger partial charge is 0.243 e. The second kappa shape index (κ2) is 7.58. The lowest BCUT2D eigenvalue weighted by Gasteiger charge is -2.26. The lowest BCUT2D eigenvalue weighted by atomic mass is 10.0. The number of benzene rings is 2. The molecule has 1 aliphatic rings. The molecule has 3 rings (SSSR count). The fourth-order valence-corrected chi connectivity index (χ4v) is 5.84. The summed E-state index contributed by atoms with van der Waals surface area (Å²) in [5.41, 5.74) is 1.83. The first-order valence-corrected chi connectivity index (χ1v) is 10.7. The standard InChI is InChI=1S/C19H22BrNO4S/c1-13-7-9-15(10-8-13)26(22,23)21-12-14(20)11-17(21)16-5-4-6-18(24-2)19(16)25-3/h4-10,14,17H,11-12H2,1-3H3. The molecule has 0 saturated carbocycles. The molecule has 0 aromatic heterocycles. The number of nitrogens with zero attached hydrogens (tertiary/aromatic N) is 1. The lowest BCUT2D eigenvalue weighted by molar-refractivity contribution is 0.335. The molecule has 1 aliphatic heterocycles. The van der Waals surface area contributed by atoms with Gasteiger partial charge in [-0.1, -0.05) is 45.8 Å². The highest BCUT2D eigenvalue weighted by Gasteiger charge is 2.41. The maximum atomic E-state index is 13.3. The van der Waals surface area contributed by atoms with Gasteiger partial charge >= 0.3 is 0 Å². The van der Waals surface area contributed by atoms with Crippen LogP contribution in [0, 0.1) is 6.92 Å². The average Bonchev–Trinajstić information content (AvgIpc) is 3.03. The van der Waals surface area contributed by atoms with E-state index in [1.54, 1.807) is 30.7 Å². The minimum Gasteiger partial charge on any atom is -0.493 e. The predicted molar refractivity (Wildman–Crippen MR) is 105 cm³/mol. The third-order valence-electron chi connectivity index (χ3n) is 4.62. The van der Waals surface area contributed by atoms with Crippen molar-refractivity contribution in [3.05, 3.63) is 53.6 Å². The van der Waals surface area contributed by atoms with Crippen LogP contribution >= 0.6 is 15.9 Å². The summed E-state index contributed by atoms with van der Waals surface area (Å²) in [5.74, 6) is 1.17. The SMILES string of the molecule is COc1cccc(C2CC(Br)CN2S(=O)(=O)c2ccc(C)cc2)c1OC. The van der Waals surface area contributed by atoms with Crippen molar-refractivity contribution in [3.8, 4) is 11.5 Å². The summed E-state index contributed by atoms with van der Waals surface area (Å²) in [6, 6.07) is 12.2. The van der Waals surface area contributed by atoms with Gasteiger partial charge in [-0.05, 0) is 31.5 Å². The number of sulfonamides is 1. The Hall–Kier alpha value is -1.57. The van der Waals surface area contributed by atoms with E-state index in [-0.39, 0.29) is 10.9 Å². The Bertz CT molecular complexity index is 883. The van der Waals surface area contributed by atoms with Gasteiger partial charge in [-0.25, -0.2) is 8.42 Å². The summed E-state index contributed by atoms with van der Waals surface area (Å²) in [6.07, 6.45) is 0.661. The van der Waals surface area contributed by atoms with Gasteiger partial charge in [-0.15, -0.1) is 0 Å². The Balaban J connectivity index is 2.06. The van der Waals surface area contributed by atoms with E-state index >= 15 is 0 Å². The van der Waals surface area contributed by atoms with Crippen LogP contribution in [0.4, 0.5) is 0 Å². The first-order valence-electron chi connectivity index (χ1n) is 8.32. The number of ether oxygens (including phenoxy) is 2. The zero-order chi connectivity index (χ0) is 18.9. The van der Waals surface area contributed by atoms with Crippen LogP contribution < -0.4 is 9.47 Å². The highest BCUT2D eigenvalue weighted by atomic mass is 79.9. The molecule has 0 bridgehead atoms. The van der Waals surface area contributed by atoms with E-state index in [0.29, 0.717) is 29.4 Å². The van der Waals surface area contributed by atoms with Crippen LogP contribution in [0.5, 0.6) is 11.5 Å². The maximum absolute atomic E-state index is 13.3. The van der Waals surface area contributed by atoms with Crippen LogP contribution in [0.3, 0.4) is 0 Å². The summed E-state index contributed by atoms with van der Waals surface area (Å²) < 4.78 is 39.0. The maximum Gasteiger partial charge on any atom is 0.243 e. The second-order valence-electron chi connectivity index (χ2n) is 6.32.